The van der Waals surface area contributed by atoms with Crippen molar-refractivity contribution in [3.63, 3.8) is 0 Å². The molecule has 3 aromatic rings. The number of ether oxygens (including phenoxy) is 1. The van der Waals surface area contributed by atoms with Crippen molar-refractivity contribution in [3.8, 4) is 5.75 Å². The van der Waals surface area contributed by atoms with Gasteiger partial charge in [-0.15, -0.1) is 0 Å². The second-order valence-electron chi connectivity index (χ2n) is 7.21. The summed E-state index contributed by atoms with van der Waals surface area (Å²) in [5.74, 6) is 0.426. The number of carbonyl (C=O) groups excluding carboxylic acids is 2. The Balaban J connectivity index is 1.53. The molecule has 7 heteroatoms. The quantitative estimate of drug-likeness (QED) is 0.520. The van der Waals surface area contributed by atoms with Gasteiger partial charge in [-0.25, -0.2) is 0 Å². The van der Waals surface area contributed by atoms with Crippen molar-refractivity contribution >= 4 is 28.5 Å². The number of hydrogen-bond donors (Lipinski definition) is 2. The smallest absolute Gasteiger partial charge is 0.251 e. The lowest BCUT2D eigenvalue weighted by atomic mass is 10.1. The number of rotatable bonds is 10. The maximum absolute atomic E-state index is 12.5. The highest BCUT2D eigenvalue weighted by molar-refractivity contribution is 5.97. The fourth-order valence-corrected chi connectivity index (χ4v) is 3.38. The molecule has 0 fully saturated rings. The highest BCUT2D eigenvalue weighted by atomic mass is 16.5. The van der Waals surface area contributed by atoms with E-state index in [-0.39, 0.29) is 18.2 Å². The van der Waals surface area contributed by atoms with E-state index in [0.29, 0.717) is 29.1 Å². The molecule has 2 N–H and O–H groups in total. The molecule has 31 heavy (non-hydrogen) atoms. The molecule has 0 saturated heterocycles. The maximum Gasteiger partial charge on any atom is 0.251 e. The molecule has 0 unspecified atom stereocenters. The first-order valence-electron chi connectivity index (χ1n) is 10.5. The molecule has 1 aromatic heterocycles. The molecule has 0 atom stereocenters. The van der Waals surface area contributed by atoms with Crippen LogP contribution >= 0.6 is 0 Å². The third-order valence-corrected chi connectivity index (χ3v) is 5.25. The van der Waals surface area contributed by atoms with Gasteiger partial charge in [0.1, 0.15) is 11.3 Å². The van der Waals surface area contributed by atoms with E-state index < -0.39 is 0 Å². The Kier molecular flexibility index (Phi) is 7.67. The molecule has 7 nitrogen and oxygen atoms in total. The molecular weight excluding hydrogens is 394 g/mol. The summed E-state index contributed by atoms with van der Waals surface area (Å²) in [6.07, 6.45) is 1.78. The summed E-state index contributed by atoms with van der Waals surface area (Å²) in [7, 11) is 1.60. The van der Waals surface area contributed by atoms with Crippen LogP contribution in [0.1, 0.15) is 29.8 Å². The standard InChI is InChI=1S/C24H29N3O4/c1-4-27(5-2)13-12-25-24(29)17-6-8-19(9-7-17)26-23(28)14-18-16-31-22-15-20(30-3)10-11-21(18)22/h6-11,15-16H,4-5,12-14H2,1-3H3,(H,25,29)(H,26,28). The van der Waals surface area contributed by atoms with Crippen LogP contribution in [0.5, 0.6) is 5.75 Å². The minimum atomic E-state index is -0.157. The van der Waals surface area contributed by atoms with Crippen LogP contribution in [0.25, 0.3) is 11.0 Å². The normalized spacial score (nSPS) is 11.0. The van der Waals surface area contributed by atoms with Gasteiger partial charge in [-0.1, -0.05) is 13.8 Å². The van der Waals surface area contributed by atoms with Crippen LogP contribution in [-0.2, 0) is 11.2 Å². The van der Waals surface area contributed by atoms with E-state index in [1.807, 2.05) is 12.1 Å². The molecule has 0 aliphatic carbocycles. The third kappa shape index (κ3) is 5.86. The van der Waals surface area contributed by atoms with Crippen LogP contribution < -0.4 is 15.4 Å². The van der Waals surface area contributed by atoms with Crippen LogP contribution in [-0.4, -0.2) is 50.0 Å². The van der Waals surface area contributed by atoms with Crippen LogP contribution in [0.4, 0.5) is 5.69 Å². The predicted molar refractivity (Wildman–Crippen MR) is 122 cm³/mol. The topological polar surface area (TPSA) is 83.8 Å². The van der Waals surface area contributed by atoms with Crippen molar-refractivity contribution < 1.29 is 18.7 Å². The Bertz CT molecular complexity index is 1020. The summed E-state index contributed by atoms with van der Waals surface area (Å²) in [5, 5.41) is 6.67. The second kappa shape index (κ2) is 10.6. The fourth-order valence-electron chi connectivity index (χ4n) is 3.38. The molecule has 1 heterocycles. The zero-order chi connectivity index (χ0) is 22.2. The average molecular weight is 424 g/mol. The lowest BCUT2D eigenvalue weighted by Gasteiger charge is -2.17. The van der Waals surface area contributed by atoms with Crippen molar-refractivity contribution in [1.29, 1.82) is 0 Å². The number of methoxy groups -OCH3 is 1. The van der Waals surface area contributed by atoms with E-state index in [1.165, 1.54) is 0 Å². The van der Waals surface area contributed by atoms with Crippen molar-refractivity contribution in [3.05, 3.63) is 59.9 Å². The SMILES string of the molecule is CCN(CC)CCNC(=O)c1ccc(NC(=O)Cc2coc3cc(OC)ccc23)cc1. The van der Waals surface area contributed by atoms with E-state index in [2.05, 4.69) is 29.4 Å². The van der Waals surface area contributed by atoms with Crippen molar-refractivity contribution in [2.75, 3.05) is 38.6 Å². The molecule has 0 bridgehead atoms. The number of anilines is 1. The number of likely N-dealkylation sites (N-methyl/N-ethyl adjacent to an activating group) is 1. The van der Waals surface area contributed by atoms with Crippen LogP contribution in [0, 0.1) is 0 Å². The number of nitrogens with zero attached hydrogens (tertiary/aromatic N) is 1. The summed E-state index contributed by atoms with van der Waals surface area (Å²) in [5.41, 5.74) is 2.68. The molecule has 0 aliphatic heterocycles. The zero-order valence-electron chi connectivity index (χ0n) is 18.2. The Hall–Kier alpha value is -3.32. The molecule has 0 saturated carbocycles. The number of hydrogen-bond acceptors (Lipinski definition) is 5. The monoisotopic (exact) mass is 423 g/mol. The lowest BCUT2D eigenvalue weighted by molar-refractivity contribution is -0.115. The summed E-state index contributed by atoms with van der Waals surface area (Å²) >= 11 is 0. The Morgan fingerprint density at radius 3 is 2.48 bits per heavy atom. The van der Waals surface area contributed by atoms with Gasteiger partial charge >= 0.3 is 0 Å². The minimum Gasteiger partial charge on any atom is -0.497 e. The average Bonchev–Trinajstić information content (AvgIpc) is 3.18. The molecule has 3 rings (SSSR count). The largest absolute Gasteiger partial charge is 0.497 e. The summed E-state index contributed by atoms with van der Waals surface area (Å²) in [6.45, 7) is 7.55. The molecular formula is C24H29N3O4. The van der Waals surface area contributed by atoms with E-state index in [0.717, 1.165) is 30.6 Å². The number of benzene rings is 2. The molecule has 164 valence electrons. The van der Waals surface area contributed by atoms with E-state index >= 15 is 0 Å². The summed E-state index contributed by atoms with van der Waals surface area (Å²) in [6, 6.07) is 12.4. The molecule has 2 aromatic carbocycles. The van der Waals surface area contributed by atoms with Crippen molar-refractivity contribution in [2.45, 2.75) is 20.3 Å². The van der Waals surface area contributed by atoms with E-state index in [9.17, 15) is 9.59 Å². The van der Waals surface area contributed by atoms with Gasteiger partial charge in [-0.3, -0.25) is 9.59 Å². The molecule has 2 amide bonds. The maximum atomic E-state index is 12.5. The first kappa shape index (κ1) is 22.4. The van der Waals surface area contributed by atoms with Crippen molar-refractivity contribution in [1.82, 2.24) is 10.2 Å². The Morgan fingerprint density at radius 1 is 1.06 bits per heavy atom. The number of carbonyl (C=O) groups is 2. The van der Waals surface area contributed by atoms with E-state index in [1.54, 1.807) is 43.7 Å². The van der Waals surface area contributed by atoms with Crippen LogP contribution in [0.2, 0.25) is 0 Å². The summed E-state index contributed by atoms with van der Waals surface area (Å²) in [4.78, 5) is 27.0. The number of fused-ring (bicyclic) bond motifs is 1. The van der Waals surface area contributed by atoms with Gasteiger partial charge in [-0.05, 0) is 49.5 Å². The van der Waals surface area contributed by atoms with Crippen molar-refractivity contribution in [2.24, 2.45) is 0 Å². The van der Waals surface area contributed by atoms with Crippen LogP contribution in [0.3, 0.4) is 0 Å². The second-order valence-corrected chi connectivity index (χ2v) is 7.21. The van der Waals surface area contributed by atoms with Crippen LogP contribution in [0.15, 0.2) is 53.1 Å². The van der Waals surface area contributed by atoms with Gasteiger partial charge in [0, 0.05) is 41.4 Å². The first-order chi connectivity index (χ1) is 15.0. The van der Waals surface area contributed by atoms with Gasteiger partial charge in [-0.2, -0.15) is 0 Å². The van der Waals surface area contributed by atoms with Gasteiger partial charge < -0.3 is 24.7 Å². The van der Waals surface area contributed by atoms with Gasteiger partial charge in [0.15, 0.2) is 0 Å². The van der Waals surface area contributed by atoms with Gasteiger partial charge in [0.25, 0.3) is 5.91 Å². The number of amides is 2. The Morgan fingerprint density at radius 2 is 1.81 bits per heavy atom. The fraction of sp³-hybridized carbons (Fsp3) is 0.333. The zero-order valence-corrected chi connectivity index (χ0v) is 18.2. The number of furan rings is 1. The predicted octanol–water partition coefficient (Wildman–Crippen LogP) is 3.69. The van der Waals surface area contributed by atoms with E-state index in [4.69, 9.17) is 9.15 Å². The number of nitrogens with one attached hydrogen (secondary N) is 2. The highest BCUT2D eigenvalue weighted by Crippen LogP contribution is 2.26. The van der Waals surface area contributed by atoms with Gasteiger partial charge in [0.2, 0.25) is 5.91 Å². The molecule has 0 radical (unpaired) electrons. The van der Waals surface area contributed by atoms with Gasteiger partial charge in [0.05, 0.1) is 19.8 Å². The molecule has 0 aliphatic rings. The Labute approximate surface area is 182 Å². The third-order valence-electron chi connectivity index (χ3n) is 5.25. The summed E-state index contributed by atoms with van der Waals surface area (Å²) < 4.78 is 10.7. The molecule has 0 spiro atoms. The minimum absolute atomic E-state index is 0.120. The highest BCUT2D eigenvalue weighted by Gasteiger charge is 2.12. The first-order valence-corrected chi connectivity index (χ1v) is 10.5. The lowest BCUT2D eigenvalue weighted by Crippen LogP contribution is -2.34.